The SMILES string of the molecule is CNCC1CCN(C(=O)c2ccc(C)c(NC(=O)c3ccccc3)c2)CC1.Cl. The number of amides is 2. The molecule has 28 heavy (non-hydrogen) atoms. The van der Waals surface area contributed by atoms with Gasteiger partial charge >= 0.3 is 0 Å². The molecule has 1 aliphatic rings. The van der Waals surface area contributed by atoms with Gasteiger partial charge < -0.3 is 15.5 Å². The lowest BCUT2D eigenvalue weighted by atomic mass is 9.96. The summed E-state index contributed by atoms with van der Waals surface area (Å²) in [7, 11) is 1.97. The number of likely N-dealkylation sites (tertiary alicyclic amines) is 1. The van der Waals surface area contributed by atoms with Gasteiger partial charge in [-0.05, 0) is 69.1 Å². The minimum absolute atomic E-state index is 0. The van der Waals surface area contributed by atoms with Gasteiger partial charge in [0.2, 0.25) is 0 Å². The zero-order valence-electron chi connectivity index (χ0n) is 16.4. The molecule has 0 aliphatic carbocycles. The Morgan fingerprint density at radius 3 is 2.36 bits per heavy atom. The first-order valence-corrected chi connectivity index (χ1v) is 9.49. The van der Waals surface area contributed by atoms with Crippen LogP contribution in [0.2, 0.25) is 0 Å². The Labute approximate surface area is 172 Å². The molecule has 0 spiro atoms. The standard InChI is InChI=1S/C22H27N3O2.ClH/c1-16-8-9-19(22(27)25-12-10-17(11-13-25)15-23-2)14-20(16)24-21(26)18-6-4-3-5-7-18;/h3-9,14,17,23H,10-13,15H2,1-2H3,(H,24,26);1H. The monoisotopic (exact) mass is 401 g/mol. The lowest BCUT2D eigenvalue weighted by Gasteiger charge is -2.32. The lowest BCUT2D eigenvalue weighted by molar-refractivity contribution is 0.0690. The van der Waals surface area contributed by atoms with E-state index in [1.807, 2.05) is 49.2 Å². The Hall–Kier alpha value is -2.37. The van der Waals surface area contributed by atoms with Crippen molar-refractivity contribution in [1.82, 2.24) is 10.2 Å². The number of carbonyl (C=O) groups excluding carboxylic acids is 2. The number of piperidine rings is 1. The van der Waals surface area contributed by atoms with E-state index in [1.54, 1.807) is 18.2 Å². The van der Waals surface area contributed by atoms with Crippen LogP contribution in [0.1, 0.15) is 39.1 Å². The van der Waals surface area contributed by atoms with Crippen LogP contribution in [0.5, 0.6) is 0 Å². The van der Waals surface area contributed by atoms with Gasteiger partial charge in [-0.1, -0.05) is 24.3 Å². The first-order valence-electron chi connectivity index (χ1n) is 9.49. The normalized spacial score (nSPS) is 14.3. The van der Waals surface area contributed by atoms with Crippen molar-refractivity contribution in [3.63, 3.8) is 0 Å². The number of halogens is 1. The summed E-state index contributed by atoms with van der Waals surface area (Å²) >= 11 is 0. The molecule has 0 bridgehead atoms. The molecule has 150 valence electrons. The smallest absolute Gasteiger partial charge is 0.255 e. The van der Waals surface area contributed by atoms with Gasteiger partial charge in [-0.3, -0.25) is 9.59 Å². The van der Waals surface area contributed by atoms with Crippen LogP contribution in [0.3, 0.4) is 0 Å². The molecule has 6 heteroatoms. The van der Waals surface area contributed by atoms with Gasteiger partial charge in [0.05, 0.1) is 0 Å². The molecule has 0 radical (unpaired) electrons. The predicted octanol–water partition coefficient (Wildman–Crippen LogP) is 3.74. The fourth-order valence-electron chi connectivity index (χ4n) is 3.49. The molecule has 2 aromatic rings. The molecule has 2 aromatic carbocycles. The number of aryl methyl sites for hydroxylation is 1. The van der Waals surface area contributed by atoms with Gasteiger partial charge in [0, 0.05) is 29.9 Å². The van der Waals surface area contributed by atoms with Crippen LogP contribution in [-0.4, -0.2) is 43.4 Å². The topological polar surface area (TPSA) is 61.4 Å². The van der Waals surface area contributed by atoms with Crippen LogP contribution in [0, 0.1) is 12.8 Å². The van der Waals surface area contributed by atoms with E-state index in [-0.39, 0.29) is 24.2 Å². The predicted molar refractivity (Wildman–Crippen MR) is 115 cm³/mol. The molecule has 3 rings (SSSR count). The van der Waals surface area contributed by atoms with E-state index >= 15 is 0 Å². The van der Waals surface area contributed by atoms with Gasteiger partial charge in [0.15, 0.2) is 0 Å². The summed E-state index contributed by atoms with van der Waals surface area (Å²) in [5.74, 6) is 0.502. The summed E-state index contributed by atoms with van der Waals surface area (Å²) < 4.78 is 0. The molecule has 0 atom stereocenters. The number of nitrogens with one attached hydrogen (secondary N) is 2. The summed E-state index contributed by atoms with van der Waals surface area (Å²) in [4.78, 5) is 27.2. The van der Waals surface area contributed by atoms with Crippen molar-refractivity contribution in [3.8, 4) is 0 Å². The first-order chi connectivity index (χ1) is 13.1. The maximum atomic E-state index is 12.9. The molecule has 2 amide bonds. The minimum Gasteiger partial charge on any atom is -0.339 e. The Balaban J connectivity index is 0.00000280. The largest absolute Gasteiger partial charge is 0.339 e. The number of carbonyl (C=O) groups is 2. The van der Waals surface area contributed by atoms with Crippen LogP contribution in [-0.2, 0) is 0 Å². The molecule has 1 fully saturated rings. The van der Waals surface area contributed by atoms with Crippen molar-refractivity contribution >= 4 is 29.9 Å². The highest BCUT2D eigenvalue weighted by Crippen LogP contribution is 2.22. The molecule has 1 heterocycles. The average Bonchev–Trinajstić information content (AvgIpc) is 2.70. The molecular formula is C22H28ClN3O2. The van der Waals surface area contributed by atoms with Gasteiger partial charge in [0.25, 0.3) is 11.8 Å². The van der Waals surface area contributed by atoms with Crippen LogP contribution < -0.4 is 10.6 Å². The third-order valence-electron chi connectivity index (χ3n) is 5.16. The molecular weight excluding hydrogens is 374 g/mol. The highest BCUT2D eigenvalue weighted by atomic mass is 35.5. The van der Waals surface area contributed by atoms with E-state index in [2.05, 4.69) is 10.6 Å². The second-order valence-electron chi connectivity index (χ2n) is 7.14. The summed E-state index contributed by atoms with van der Waals surface area (Å²) in [5, 5.41) is 6.15. The van der Waals surface area contributed by atoms with Gasteiger partial charge in [-0.25, -0.2) is 0 Å². The number of hydrogen-bond acceptors (Lipinski definition) is 3. The van der Waals surface area contributed by atoms with Crippen LogP contribution in [0.25, 0.3) is 0 Å². The van der Waals surface area contributed by atoms with Gasteiger partial charge in [-0.2, -0.15) is 0 Å². The average molecular weight is 402 g/mol. The van der Waals surface area contributed by atoms with E-state index in [0.717, 1.165) is 38.0 Å². The third kappa shape index (κ3) is 5.33. The molecule has 2 N–H and O–H groups in total. The van der Waals surface area contributed by atoms with Crippen LogP contribution in [0.15, 0.2) is 48.5 Å². The van der Waals surface area contributed by atoms with Crippen molar-refractivity contribution in [2.45, 2.75) is 19.8 Å². The Bertz CT molecular complexity index is 803. The Morgan fingerprint density at radius 2 is 1.71 bits per heavy atom. The fraction of sp³-hybridized carbons (Fsp3) is 0.364. The van der Waals surface area contributed by atoms with Crippen molar-refractivity contribution in [3.05, 3.63) is 65.2 Å². The highest BCUT2D eigenvalue weighted by Gasteiger charge is 2.23. The zero-order chi connectivity index (χ0) is 19.2. The van der Waals surface area contributed by atoms with Crippen molar-refractivity contribution < 1.29 is 9.59 Å². The quantitative estimate of drug-likeness (QED) is 0.802. The number of rotatable bonds is 5. The second-order valence-corrected chi connectivity index (χ2v) is 7.14. The number of nitrogens with zero attached hydrogens (tertiary/aromatic N) is 1. The maximum Gasteiger partial charge on any atom is 0.255 e. The Morgan fingerprint density at radius 1 is 1.04 bits per heavy atom. The molecule has 0 unspecified atom stereocenters. The van der Waals surface area contributed by atoms with Gasteiger partial charge in [-0.15, -0.1) is 12.4 Å². The minimum atomic E-state index is -0.170. The summed E-state index contributed by atoms with van der Waals surface area (Å²) in [6, 6.07) is 14.6. The number of benzene rings is 2. The first kappa shape index (κ1) is 21.9. The molecule has 0 aromatic heterocycles. The van der Waals surface area contributed by atoms with E-state index in [0.29, 0.717) is 22.7 Å². The van der Waals surface area contributed by atoms with E-state index in [4.69, 9.17) is 0 Å². The Kier molecular flexibility index (Phi) is 8.03. The zero-order valence-corrected chi connectivity index (χ0v) is 17.2. The van der Waals surface area contributed by atoms with Gasteiger partial charge in [0.1, 0.15) is 0 Å². The molecule has 1 saturated heterocycles. The maximum absolute atomic E-state index is 12.9. The molecule has 1 aliphatic heterocycles. The summed E-state index contributed by atoms with van der Waals surface area (Å²) in [6.07, 6.45) is 2.05. The summed E-state index contributed by atoms with van der Waals surface area (Å²) in [5.41, 5.74) is 2.83. The summed E-state index contributed by atoms with van der Waals surface area (Å²) in [6.45, 7) is 4.50. The third-order valence-corrected chi connectivity index (χ3v) is 5.16. The second kappa shape index (κ2) is 10.2. The van der Waals surface area contributed by atoms with Crippen molar-refractivity contribution in [2.24, 2.45) is 5.92 Å². The fourth-order valence-corrected chi connectivity index (χ4v) is 3.49. The number of anilines is 1. The van der Waals surface area contributed by atoms with E-state index in [1.165, 1.54) is 0 Å². The lowest BCUT2D eigenvalue weighted by Crippen LogP contribution is -2.40. The van der Waals surface area contributed by atoms with E-state index < -0.39 is 0 Å². The van der Waals surface area contributed by atoms with E-state index in [9.17, 15) is 9.59 Å². The molecule has 0 saturated carbocycles. The van der Waals surface area contributed by atoms with Crippen molar-refractivity contribution in [2.75, 3.05) is 32.0 Å². The van der Waals surface area contributed by atoms with Crippen LogP contribution in [0.4, 0.5) is 5.69 Å². The number of hydrogen-bond donors (Lipinski definition) is 2. The highest BCUT2D eigenvalue weighted by molar-refractivity contribution is 6.05. The molecule has 5 nitrogen and oxygen atoms in total. The van der Waals surface area contributed by atoms with Crippen molar-refractivity contribution in [1.29, 1.82) is 0 Å². The van der Waals surface area contributed by atoms with Crippen LogP contribution >= 0.6 is 12.4 Å².